The zero-order valence-electron chi connectivity index (χ0n) is 18.2. The Bertz CT molecular complexity index is 857. The van der Waals surface area contributed by atoms with Gasteiger partial charge in [-0.05, 0) is 73.3 Å². The van der Waals surface area contributed by atoms with Gasteiger partial charge in [-0.15, -0.1) is 0 Å². The van der Waals surface area contributed by atoms with E-state index in [1.54, 1.807) is 6.08 Å². The molecule has 2 rings (SSSR count). The number of carbonyl (C=O) groups is 2. The number of esters is 1. The summed E-state index contributed by atoms with van der Waals surface area (Å²) in [5.74, 6) is 0.836. The summed E-state index contributed by atoms with van der Waals surface area (Å²) in [6.07, 6.45) is 3.34. The Morgan fingerprint density at radius 3 is 2.71 bits per heavy atom. The van der Waals surface area contributed by atoms with E-state index in [9.17, 15) is 9.59 Å². The van der Waals surface area contributed by atoms with Crippen LogP contribution in [0.4, 0.5) is 0 Å². The lowest BCUT2D eigenvalue weighted by molar-refractivity contribution is -0.144. The van der Waals surface area contributed by atoms with Crippen molar-refractivity contribution in [3.8, 4) is 11.5 Å². The predicted molar refractivity (Wildman–Crippen MR) is 131 cm³/mol. The molecule has 0 N–H and O–H groups in total. The van der Waals surface area contributed by atoms with Crippen molar-refractivity contribution in [1.82, 2.24) is 4.90 Å². The molecule has 170 valence electrons. The van der Waals surface area contributed by atoms with Gasteiger partial charge in [-0.2, -0.15) is 0 Å². The molecule has 0 aliphatic carbocycles. The predicted octanol–water partition coefficient (Wildman–Crippen LogP) is 5.57. The minimum atomic E-state index is -0.250. The molecule has 0 aromatic heterocycles. The summed E-state index contributed by atoms with van der Waals surface area (Å²) in [6, 6.07) is 3.73. The van der Waals surface area contributed by atoms with Crippen molar-refractivity contribution in [1.29, 1.82) is 0 Å². The number of thioether (sulfide) groups is 1. The number of benzene rings is 1. The molecule has 31 heavy (non-hydrogen) atoms. The minimum Gasteiger partial charge on any atom is -0.490 e. The number of halogens is 1. The fourth-order valence-corrected chi connectivity index (χ4v) is 4.66. The third kappa shape index (κ3) is 7.50. The van der Waals surface area contributed by atoms with Crippen LogP contribution in [-0.4, -0.2) is 47.0 Å². The van der Waals surface area contributed by atoms with Crippen LogP contribution in [0.1, 0.15) is 52.5 Å². The molecule has 0 spiro atoms. The van der Waals surface area contributed by atoms with E-state index in [1.165, 1.54) is 16.7 Å². The lowest BCUT2D eigenvalue weighted by atomic mass is 10.1. The summed E-state index contributed by atoms with van der Waals surface area (Å²) in [7, 11) is 0. The van der Waals surface area contributed by atoms with Crippen molar-refractivity contribution in [3.05, 3.63) is 27.1 Å². The fraction of sp³-hybridized carbons (Fsp3) is 0.500. The third-order valence-electron chi connectivity index (χ3n) is 4.09. The molecule has 1 fully saturated rings. The van der Waals surface area contributed by atoms with Crippen LogP contribution in [0, 0.1) is 0 Å². The van der Waals surface area contributed by atoms with E-state index < -0.39 is 0 Å². The smallest absolute Gasteiger partial charge is 0.305 e. The highest BCUT2D eigenvalue weighted by Crippen LogP contribution is 2.40. The Kier molecular flexibility index (Phi) is 10.3. The van der Waals surface area contributed by atoms with E-state index in [0.717, 1.165) is 16.5 Å². The van der Waals surface area contributed by atoms with Gasteiger partial charge in [0.1, 0.15) is 4.32 Å². The van der Waals surface area contributed by atoms with E-state index in [4.69, 9.17) is 26.4 Å². The Balaban J connectivity index is 2.12. The van der Waals surface area contributed by atoms with Gasteiger partial charge in [0.05, 0.1) is 28.7 Å². The second-order valence-electron chi connectivity index (χ2n) is 7.09. The summed E-state index contributed by atoms with van der Waals surface area (Å²) in [5, 5.41) is 0. The van der Waals surface area contributed by atoms with Gasteiger partial charge in [0.15, 0.2) is 11.5 Å². The first kappa shape index (κ1) is 25.7. The van der Waals surface area contributed by atoms with Crippen LogP contribution in [0.2, 0.25) is 0 Å². The van der Waals surface area contributed by atoms with Crippen molar-refractivity contribution in [2.45, 2.75) is 53.1 Å². The van der Waals surface area contributed by atoms with Gasteiger partial charge < -0.3 is 14.2 Å². The maximum atomic E-state index is 12.8. The van der Waals surface area contributed by atoms with Crippen LogP contribution in [0.5, 0.6) is 11.5 Å². The average molecular weight is 531 g/mol. The maximum Gasteiger partial charge on any atom is 0.305 e. The van der Waals surface area contributed by atoms with Gasteiger partial charge in [0.25, 0.3) is 5.91 Å². The Morgan fingerprint density at radius 1 is 1.32 bits per heavy atom. The van der Waals surface area contributed by atoms with Gasteiger partial charge in [0, 0.05) is 13.0 Å². The third-order valence-corrected chi connectivity index (χ3v) is 6.05. The first-order valence-corrected chi connectivity index (χ1v) is 12.3. The molecule has 0 atom stereocenters. The zero-order valence-corrected chi connectivity index (χ0v) is 21.5. The SMILES string of the molecule is CCCOC(=O)CCCN1C(=O)/C(=C/c2cc(Br)c(OC(C)C)c(OCC)c2)SC1=S. The number of rotatable bonds is 11. The molecule has 0 bridgehead atoms. The molecule has 0 unspecified atom stereocenters. The summed E-state index contributed by atoms with van der Waals surface area (Å²) in [6.45, 7) is 9.05. The molecule has 1 saturated heterocycles. The normalized spacial score (nSPS) is 15.2. The van der Waals surface area contributed by atoms with E-state index in [2.05, 4.69) is 15.9 Å². The summed E-state index contributed by atoms with van der Waals surface area (Å²) < 4.78 is 17.9. The highest BCUT2D eigenvalue weighted by Gasteiger charge is 2.31. The highest BCUT2D eigenvalue weighted by atomic mass is 79.9. The Hall–Kier alpha value is -1.58. The number of hydrogen-bond donors (Lipinski definition) is 0. The summed E-state index contributed by atoms with van der Waals surface area (Å²) >= 11 is 10.2. The quantitative estimate of drug-likeness (QED) is 0.211. The van der Waals surface area contributed by atoms with E-state index in [1.807, 2.05) is 39.8 Å². The monoisotopic (exact) mass is 529 g/mol. The Morgan fingerprint density at radius 2 is 2.06 bits per heavy atom. The topological polar surface area (TPSA) is 65.1 Å². The zero-order chi connectivity index (χ0) is 23.0. The largest absolute Gasteiger partial charge is 0.490 e. The molecule has 1 heterocycles. The van der Waals surface area contributed by atoms with Crippen LogP contribution in [0.3, 0.4) is 0 Å². The van der Waals surface area contributed by atoms with Crippen molar-refractivity contribution >= 4 is 62.2 Å². The fourth-order valence-electron chi connectivity index (χ4n) is 2.80. The first-order chi connectivity index (χ1) is 14.8. The Labute approximate surface area is 201 Å². The number of carbonyl (C=O) groups excluding carboxylic acids is 2. The lowest BCUT2D eigenvalue weighted by Crippen LogP contribution is -2.29. The highest BCUT2D eigenvalue weighted by molar-refractivity contribution is 9.10. The summed E-state index contributed by atoms with van der Waals surface area (Å²) in [5.41, 5.74) is 0.801. The number of amides is 1. The van der Waals surface area contributed by atoms with E-state index in [-0.39, 0.29) is 24.4 Å². The summed E-state index contributed by atoms with van der Waals surface area (Å²) in [4.78, 5) is 26.6. The maximum absolute atomic E-state index is 12.8. The van der Waals surface area contributed by atoms with Gasteiger partial charge in [-0.25, -0.2) is 0 Å². The van der Waals surface area contributed by atoms with Crippen LogP contribution in [0.15, 0.2) is 21.5 Å². The van der Waals surface area contributed by atoms with Crippen LogP contribution < -0.4 is 9.47 Å². The first-order valence-electron chi connectivity index (χ1n) is 10.3. The molecule has 6 nitrogen and oxygen atoms in total. The average Bonchev–Trinajstić information content (AvgIpc) is 2.96. The van der Waals surface area contributed by atoms with Crippen LogP contribution in [-0.2, 0) is 14.3 Å². The molecule has 1 amide bonds. The van der Waals surface area contributed by atoms with Crippen LogP contribution >= 0.6 is 39.9 Å². The molecule has 0 radical (unpaired) electrons. The molecular weight excluding hydrogens is 502 g/mol. The molecule has 1 aliphatic rings. The van der Waals surface area contributed by atoms with Crippen LogP contribution in [0.25, 0.3) is 6.08 Å². The van der Waals surface area contributed by atoms with Crippen molar-refractivity contribution < 1.29 is 23.8 Å². The molecule has 0 saturated carbocycles. The minimum absolute atomic E-state index is 0.00291. The van der Waals surface area contributed by atoms with Crippen molar-refractivity contribution in [3.63, 3.8) is 0 Å². The number of ether oxygens (including phenoxy) is 3. The van der Waals surface area contributed by atoms with Gasteiger partial charge >= 0.3 is 5.97 Å². The molecule has 1 aromatic carbocycles. The molecule has 1 aromatic rings. The second kappa shape index (κ2) is 12.5. The lowest BCUT2D eigenvalue weighted by Gasteiger charge is -2.17. The van der Waals surface area contributed by atoms with E-state index >= 15 is 0 Å². The number of nitrogens with zero attached hydrogens (tertiary/aromatic N) is 1. The van der Waals surface area contributed by atoms with E-state index in [0.29, 0.717) is 46.9 Å². The van der Waals surface area contributed by atoms with Crippen molar-refractivity contribution in [2.75, 3.05) is 19.8 Å². The van der Waals surface area contributed by atoms with Gasteiger partial charge in [0.2, 0.25) is 0 Å². The molecular formula is C22H28BrNO5S2. The van der Waals surface area contributed by atoms with Gasteiger partial charge in [-0.1, -0.05) is 30.9 Å². The van der Waals surface area contributed by atoms with Crippen molar-refractivity contribution in [2.24, 2.45) is 0 Å². The van der Waals surface area contributed by atoms with Gasteiger partial charge in [-0.3, -0.25) is 14.5 Å². The second-order valence-corrected chi connectivity index (χ2v) is 9.62. The molecule has 9 heteroatoms. The standard InChI is InChI=1S/C22H28BrNO5S2/c1-5-10-28-19(25)8-7-9-24-21(26)18(31-22(24)30)13-15-11-16(23)20(29-14(3)4)17(12-15)27-6-2/h11-14H,5-10H2,1-4H3/b18-13-. The number of thiocarbonyl (C=S) groups is 1. The number of hydrogen-bond acceptors (Lipinski definition) is 7. The molecule has 1 aliphatic heterocycles.